The van der Waals surface area contributed by atoms with Crippen LogP contribution in [0.1, 0.15) is 27.2 Å². The van der Waals surface area contributed by atoms with Crippen LogP contribution in [0.2, 0.25) is 0 Å². The number of carbonyl (C=O) groups excluding carboxylic acids is 1. The molecule has 0 aliphatic carbocycles. The number of sulfonamides is 1. The largest absolute Gasteiger partial charge is 0.489 e. The average Bonchev–Trinajstić information content (AvgIpc) is 3.40. The Morgan fingerprint density at radius 2 is 1.71 bits per heavy atom. The normalized spacial score (nSPS) is 11.2. The molecule has 0 spiro atoms. The van der Waals surface area contributed by atoms with Crippen LogP contribution >= 0.6 is 0 Å². The van der Waals surface area contributed by atoms with E-state index in [-0.39, 0.29) is 17.3 Å². The minimum atomic E-state index is -3.72. The number of nitrogens with zero attached hydrogens (tertiary/aromatic N) is 1. The van der Waals surface area contributed by atoms with Crippen molar-refractivity contribution in [1.29, 1.82) is 0 Å². The molecule has 0 unspecified atom stereocenters. The fourth-order valence-electron chi connectivity index (χ4n) is 3.09. The van der Waals surface area contributed by atoms with Gasteiger partial charge in [-0.15, -0.1) is 0 Å². The fourth-order valence-corrected chi connectivity index (χ4v) is 4.08. The first-order valence-electron chi connectivity index (χ1n) is 10.5. The van der Waals surface area contributed by atoms with Crippen LogP contribution in [0.25, 0.3) is 0 Å². The Morgan fingerprint density at radius 1 is 0.912 bits per heavy atom. The number of aromatic nitrogens is 1. The van der Waals surface area contributed by atoms with Crippen LogP contribution in [0.4, 0.5) is 0 Å². The lowest BCUT2D eigenvalue weighted by Crippen LogP contribution is -2.24. The fraction of sp³-hybridized carbons (Fsp3) is 0.120. The summed E-state index contributed by atoms with van der Waals surface area (Å²) in [5, 5.41) is 2.83. The second kappa shape index (κ2) is 10.8. The second-order valence-corrected chi connectivity index (χ2v) is 9.17. The first kappa shape index (κ1) is 23.2. The molecule has 2 N–H and O–H groups in total. The van der Waals surface area contributed by atoms with Crippen molar-refractivity contribution in [3.63, 3.8) is 0 Å². The molecule has 174 valence electrons. The molecule has 0 bridgehead atoms. The first-order chi connectivity index (χ1) is 16.5. The highest BCUT2D eigenvalue weighted by molar-refractivity contribution is 7.89. The predicted octanol–water partition coefficient (Wildman–Crippen LogP) is 3.66. The Bertz CT molecular complexity index is 1310. The Morgan fingerprint density at radius 3 is 2.38 bits per heavy atom. The van der Waals surface area contributed by atoms with E-state index in [4.69, 9.17) is 9.15 Å². The average molecular weight is 478 g/mol. The molecular weight excluding hydrogens is 454 g/mol. The molecule has 4 aromatic rings. The molecular formula is C25H23N3O5S. The van der Waals surface area contributed by atoms with Gasteiger partial charge in [0.2, 0.25) is 10.0 Å². The Labute approximate surface area is 197 Å². The minimum absolute atomic E-state index is 0.0465. The Balaban J connectivity index is 1.27. The van der Waals surface area contributed by atoms with E-state index in [9.17, 15) is 13.2 Å². The van der Waals surface area contributed by atoms with Crippen LogP contribution in [-0.2, 0) is 29.7 Å². The first-order valence-corrected chi connectivity index (χ1v) is 12.0. The van der Waals surface area contributed by atoms with Gasteiger partial charge in [-0.2, -0.15) is 0 Å². The standard InChI is InChI=1S/C25H23N3O5S/c29-25(21-7-11-24(12-8-21)34(30,31)28-17-23-4-2-14-32-23)27-16-19-5-9-22(10-6-19)33-18-20-3-1-13-26-15-20/h1-15,28H,16-18H2,(H,27,29). The molecule has 2 aromatic heterocycles. The maximum absolute atomic E-state index is 12.5. The minimum Gasteiger partial charge on any atom is -0.489 e. The highest BCUT2D eigenvalue weighted by Gasteiger charge is 2.15. The van der Waals surface area contributed by atoms with Crippen LogP contribution in [0.5, 0.6) is 5.75 Å². The van der Waals surface area contributed by atoms with E-state index in [1.54, 1.807) is 24.5 Å². The molecule has 2 aromatic carbocycles. The summed E-state index contributed by atoms with van der Waals surface area (Å²) < 4.78 is 38.1. The zero-order valence-electron chi connectivity index (χ0n) is 18.2. The molecule has 0 atom stereocenters. The van der Waals surface area contributed by atoms with Gasteiger partial charge in [-0.1, -0.05) is 18.2 Å². The molecule has 0 saturated heterocycles. The topological polar surface area (TPSA) is 111 Å². The van der Waals surface area contributed by atoms with Crippen molar-refractivity contribution >= 4 is 15.9 Å². The number of amides is 1. The SMILES string of the molecule is O=C(NCc1ccc(OCc2cccnc2)cc1)c1ccc(S(=O)(=O)NCc2ccco2)cc1. The van der Waals surface area contributed by atoms with Gasteiger partial charge >= 0.3 is 0 Å². The highest BCUT2D eigenvalue weighted by Crippen LogP contribution is 2.15. The number of carbonyl (C=O) groups is 1. The molecule has 0 radical (unpaired) electrons. The molecule has 8 nitrogen and oxygen atoms in total. The molecule has 0 aliphatic heterocycles. The number of hydrogen-bond donors (Lipinski definition) is 2. The summed E-state index contributed by atoms with van der Waals surface area (Å²) in [6, 6.07) is 20.3. The lowest BCUT2D eigenvalue weighted by Gasteiger charge is -2.09. The van der Waals surface area contributed by atoms with E-state index < -0.39 is 10.0 Å². The van der Waals surface area contributed by atoms with Crippen LogP contribution in [0.15, 0.2) is 101 Å². The molecule has 4 rings (SSSR count). The van der Waals surface area contributed by atoms with Gasteiger partial charge in [0.1, 0.15) is 18.1 Å². The van der Waals surface area contributed by atoms with E-state index >= 15 is 0 Å². The van der Waals surface area contributed by atoms with Gasteiger partial charge in [0.05, 0.1) is 17.7 Å². The molecule has 1 amide bonds. The number of ether oxygens (including phenoxy) is 1. The molecule has 9 heteroatoms. The van der Waals surface area contributed by atoms with Crippen molar-refractivity contribution in [2.75, 3.05) is 0 Å². The zero-order valence-corrected chi connectivity index (χ0v) is 19.0. The lowest BCUT2D eigenvalue weighted by molar-refractivity contribution is 0.0951. The monoisotopic (exact) mass is 477 g/mol. The van der Waals surface area contributed by atoms with Crippen LogP contribution in [-0.4, -0.2) is 19.3 Å². The predicted molar refractivity (Wildman–Crippen MR) is 125 cm³/mol. The van der Waals surface area contributed by atoms with E-state index in [1.807, 2.05) is 36.4 Å². The van der Waals surface area contributed by atoms with E-state index in [0.29, 0.717) is 24.5 Å². The van der Waals surface area contributed by atoms with Gasteiger partial charge in [0.25, 0.3) is 5.91 Å². The van der Waals surface area contributed by atoms with Crippen molar-refractivity contribution in [2.45, 2.75) is 24.6 Å². The molecule has 0 aliphatic rings. The van der Waals surface area contributed by atoms with Crippen LogP contribution < -0.4 is 14.8 Å². The van der Waals surface area contributed by atoms with Gasteiger partial charge in [-0.25, -0.2) is 13.1 Å². The third kappa shape index (κ3) is 6.31. The summed E-state index contributed by atoms with van der Waals surface area (Å²) in [6.07, 6.45) is 4.94. The maximum atomic E-state index is 12.5. The van der Waals surface area contributed by atoms with Gasteiger partial charge in [-0.05, 0) is 60.2 Å². The summed E-state index contributed by atoms with van der Waals surface area (Å²) in [6.45, 7) is 0.797. The third-order valence-corrected chi connectivity index (χ3v) is 6.37. The zero-order chi connectivity index (χ0) is 23.8. The number of furan rings is 1. The van der Waals surface area contributed by atoms with Crippen LogP contribution in [0.3, 0.4) is 0 Å². The number of pyridine rings is 1. The van der Waals surface area contributed by atoms with Gasteiger partial charge in [0.15, 0.2) is 0 Å². The summed E-state index contributed by atoms with van der Waals surface area (Å²) in [5.41, 5.74) is 2.25. The molecule has 2 heterocycles. The quantitative estimate of drug-likeness (QED) is 0.361. The Kier molecular flexibility index (Phi) is 7.36. The third-order valence-electron chi connectivity index (χ3n) is 4.95. The van der Waals surface area contributed by atoms with Crippen molar-refractivity contribution in [3.05, 3.63) is 114 Å². The number of benzene rings is 2. The second-order valence-electron chi connectivity index (χ2n) is 7.40. The Hall–Kier alpha value is -3.95. The lowest BCUT2D eigenvalue weighted by atomic mass is 10.2. The smallest absolute Gasteiger partial charge is 0.251 e. The van der Waals surface area contributed by atoms with Crippen molar-refractivity contribution < 1.29 is 22.4 Å². The molecule has 34 heavy (non-hydrogen) atoms. The van der Waals surface area contributed by atoms with Crippen LogP contribution in [0, 0.1) is 0 Å². The summed E-state index contributed by atoms with van der Waals surface area (Å²) in [4.78, 5) is 16.6. The highest BCUT2D eigenvalue weighted by atomic mass is 32.2. The number of rotatable bonds is 10. The molecule has 0 saturated carbocycles. The summed E-state index contributed by atoms with van der Waals surface area (Å²) in [5.74, 6) is 0.924. The van der Waals surface area contributed by atoms with Crippen molar-refractivity contribution in [3.8, 4) is 5.75 Å². The maximum Gasteiger partial charge on any atom is 0.251 e. The summed E-state index contributed by atoms with van der Waals surface area (Å²) in [7, 11) is -3.72. The number of nitrogens with one attached hydrogen (secondary N) is 2. The van der Waals surface area contributed by atoms with Crippen molar-refractivity contribution in [1.82, 2.24) is 15.0 Å². The number of hydrogen-bond acceptors (Lipinski definition) is 6. The van der Waals surface area contributed by atoms with E-state index in [2.05, 4.69) is 15.0 Å². The van der Waals surface area contributed by atoms with Crippen molar-refractivity contribution in [2.24, 2.45) is 0 Å². The van der Waals surface area contributed by atoms with Gasteiger partial charge in [0, 0.05) is 30.1 Å². The van der Waals surface area contributed by atoms with Gasteiger partial charge < -0.3 is 14.5 Å². The van der Waals surface area contributed by atoms with Gasteiger partial charge in [-0.3, -0.25) is 9.78 Å². The summed E-state index contributed by atoms with van der Waals surface area (Å²) >= 11 is 0. The van der Waals surface area contributed by atoms with E-state index in [1.165, 1.54) is 30.5 Å². The van der Waals surface area contributed by atoms with E-state index in [0.717, 1.165) is 16.9 Å². The molecule has 0 fully saturated rings.